The second-order valence-electron chi connectivity index (χ2n) is 5.75. The van der Waals surface area contributed by atoms with Gasteiger partial charge in [-0.2, -0.15) is 0 Å². The van der Waals surface area contributed by atoms with E-state index in [1.54, 1.807) is 30.5 Å². The molecule has 1 atom stereocenters. The van der Waals surface area contributed by atoms with Crippen molar-refractivity contribution < 1.29 is 18.1 Å². The van der Waals surface area contributed by atoms with Gasteiger partial charge in [0, 0.05) is 22.9 Å². The van der Waals surface area contributed by atoms with Crippen LogP contribution in [0.4, 0.5) is 0 Å². The quantitative estimate of drug-likeness (QED) is 0.659. The Balaban J connectivity index is 1.52. The highest BCUT2D eigenvalue weighted by Gasteiger charge is 2.16. The third kappa shape index (κ3) is 3.61. The van der Waals surface area contributed by atoms with Gasteiger partial charge in [0.05, 0.1) is 35.2 Å². The number of hydrogen-bond donors (Lipinski definition) is 0. The van der Waals surface area contributed by atoms with Crippen LogP contribution >= 0.6 is 11.6 Å². The lowest BCUT2D eigenvalue weighted by atomic mass is 10.2. The highest BCUT2D eigenvalue weighted by molar-refractivity contribution is 7.84. The minimum atomic E-state index is -1.31. The van der Waals surface area contributed by atoms with Gasteiger partial charge in [-0.25, -0.2) is 4.98 Å². The normalized spacial score (nSPS) is 14.7. The Morgan fingerprint density at radius 1 is 1.08 bits per heavy atom. The maximum atomic E-state index is 12.7. The molecule has 3 aromatic rings. The molecule has 26 heavy (non-hydrogen) atoms. The summed E-state index contributed by atoms with van der Waals surface area (Å²) in [5.74, 6) is 2.42. The molecule has 2 aromatic carbocycles. The van der Waals surface area contributed by atoms with Crippen LogP contribution in [-0.4, -0.2) is 22.4 Å². The van der Waals surface area contributed by atoms with Gasteiger partial charge in [0.1, 0.15) is 5.75 Å². The van der Waals surface area contributed by atoms with Crippen molar-refractivity contribution in [2.75, 3.05) is 13.2 Å². The topological polar surface area (TPSA) is 61.6 Å². The van der Waals surface area contributed by atoms with E-state index in [4.69, 9.17) is 25.5 Å². The first-order valence-electron chi connectivity index (χ1n) is 8.18. The van der Waals surface area contributed by atoms with Crippen molar-refractivity contribution >= 4 is 22.4 Å². The third-order valence-electron chi connectivity index (χ3n) is 3.93. The molecule has 5 nitrogen and oxygen atoms in total. The van der Waals surface area contributed by atoms with Crippen LogP contribution in [0, 0.1) is 0 Å². The van der Waals surface area contributed by atoms with Crippen molar-refractivity contribution in [3.63, 3.8) is 0 Å². The van der Waals surface area contributed by atoms with Gasteiger partial charge >= 0.3 is 0 Å². The second-order valence-corrected chi connectivity index (χ2v) is 7.61. The molecular weight excluding hydrogens is 374 g/mol. The number of oxazole rings is 1. The van der Waals surface area contributed by atoms with Gasteiger partial charge in [0.15, 0.2) is 17.3 Å². The van der Waals surface area contributed by atoms with Crippen LogP contribution in [-0.2, 0) is 16.6 Å². The van der Waals surface area contributed by atoms with Crippen molar-refractivity contribution in [1.29, 1.82) is 0 Å². The van der Waals surface area contributed by atoms with Crippen molar-refractivity contribution in [1.82, 2.24) is 4.98 Å². The van der Waals surface area contributed by atoms with Crippen molar-refractivity contribution in [3.8, 4) is 22.8 Å². The monoisotopic (exact) mass is 389 g/mol. The Morgan fingerprint density at radius 3 is 2.73 bits per heavy atom. The van der Waals surface area contributed by atoms with Gasteiger partial charge in [-0.1, -0.05) is 23.7 Å². The van der Waals surface area contributed by atoms with Crippen LogP contribution in [0.2, 0.25) is 5.02 Å². The molecule has 1 aromatic heterocycles. The number of nitrogens with zero attached hydrogens (tertiary/aromatic N) is 1. The van der Waals surface area contributed by atoms with Crippen LogP contribution in [0.1, 0.15) is 12.3 Å². The average Bonchev–Trinajstić information content (AvgIpc) is 2.97. The molecule has 0 N–H and O–H groups in total. The minimum absolute atomic E-state index is 0.171. The molecule has 0 unspecified atom stereocenters. The molecule has 134 valence electrons. The Morgan fingerprint density at radius 2 is 1.88 bits per heavy atom. The standard InChI is InChI=1S/C19H16ClNO4S/c20-15-5-2-1-4-14(15)18-11-21-19(25-18)12-26(22)13-6-7-16-17(10-13)24-9-3-8-23-16/h1-2,4-7,10-11H,3,8-9,12H2/t26-/m0/s1. The summed E-state index contributed by atoms with van der Waals surface area (Å²) in [6.07, 6.45) is 2.43. The van der Waals surface area contributed by atoms with Crippen LogP contribution in [0.15, 0.2) is 58.0 Å². The largest absolute Gasteiger partial charge is 0.490 e. The highest BCUT2D eigenvalue weighted by atomic mass is 35.5. The van der Waals surface area contributed by atoms with Gasteiger partial charge in [0.2, 0.25) is 5.89 Å². The summed E-state index contributed by atoms with van der Waals surface area (Å²) in [4.78, 5) is 4.87. The third-order valence-corrected chi connectivity index (χ3v) is 5.55. The van der Waals surface area contributed by atoms with Crippen LogP contribution in [0.5, 0.6) is 11.5 Å². The number of ether oxygens (including phenoxy) is 2. The minimum Gasteiger partial charge on any atom is -0.490 e. The van der Waals surface area contributed by atoms with Gasteiger partial charge < -0.3 is 13.9 Å². The van der Waals surface area contributed by atoms with Crippen LogP contribution in [0.25, 0.3) is 11.3 Å². The Labute approximate surface area is 158 Å². The Hall–Kier alpha value is -2.31. The maximum Gasteiger partial charge on any atom is 0.207 e. The Kier molecular flexibility index (Phi) is 4.95. The van der Waals surface area contributed by atoms with Gasteiger partial charge in [-0.3, -0.25) is 4.21 Å². The number of benzene rings is 2. The zero-order valence-electron chi connectivity index (χ0n) is 13.8. The molecule has 0 saturated heterocycles. The number of aromatic nitrogens is 1. The number of halogens is 1. The number of fused-ring (bicyclic) bond motifs is 1. The second kappa shape index (κ2) is 7.51. The van der Waals surface area contributed by atoms with E-state index in [9.17, 15) is 4.21 Å². The van der Waals surface area contributed by atoms with E-state index >= 15 is 0 Å². The molecule has 2 heterocycles. The van der Waals surface area contributed by atoms with Gasteiger partial charge in [0.25, 0.3) is 0 Å². The lowest BCUT2D eigenvalue weighted by Crippen LogP contribution is -1.99. The van der Waals surface area contributed by atoms with Crippen LogP contribution in [0.3, 0.4) is 0 Å². The lowest BCUT2D eigenvalue weighted by molar-refractivity contribution is 0.297. The smallest absolute Gasteiger partial charge is 0.207 e. The molecule has 4 rings (SSSR count). The van der Waals surface area contributed by atoms with Crippen molar-refractivity contribution in [2.45, 2.75) is 17.1 Å². The zero-order valence-corrected chi connectivity index (χ0v) is 15.4. The number of hydrogen-bond acceptors (Lipinski definition) is 5. The fourth-order valence-electron chi connectivity index (χ4n) is 2.64. The molecule has 0 bridgehead atoms. The fraction of sp³-hybridized carbons (Fsp3) is 0.211. The predicted octanol–water partition coefficient (Wildman–Crippen LogP) is 4.46. The molecule has 0 saturated carbocycles. The number of rotatable bonds is 4. The molecule has 1 aliphatic rings. The summed E-state index contributed by atoms with van der Waals surface area (Å²) < 4.78 is 29.7. The molecule has 0 amide bonds. The summed E-state index contributed by atoms with van der Waals surface area (Å²) in [7, 11) is -1.31. The summed E-state index contributed by atoms with van der Waals surface area (Å²) in [5.41, 5.74) is 0.759. The average molecular weight is 390 g/mol. The molecule has 0 fully saturated rings. The SMILES string of the molecule is O=[S@@](Cc1ncc(-c2ccccc2Cl)o1)c1ccc2c(c1)OCCCO2. The van der Waals surface area contributed by atoms with E-state index in [0.717, 1.165) is 12.0 Å². The highest BCUT2D eigenvalue weighted by Crippen LogP contribution is 2.32. The van der Waals surface area contributed by atoms with E-state index < -0.39 is 10.8 Å². The maximum absolute atomic E-state index is 12.7. The summed E-state index contributed by atoms with van der Waals surface area (Å²) >= 11 is 6.18. The van der Waals surface area contributed by atoms with E-state index in [1.165, 1.54) is 0 Å². The van der Waals surface area contributed by atoms with E-state index in [-0.39, 0.29) is 5.75 Å². The van der Waals surface area contributed by atoms with Crippen molar-refractivity contribution in [2.24, 2.45) is 0 Å². The van der Waals surface area contributed by atoms with E-state index in [1.807, 2.05) is 18.2 Å². The first-order valence-corrected chi connectivity index (χ1v) is 9.88. The first kappa shape index (κ1) is 17.1. The predicted molar refractivity (Wildman–Crippen MR) is 99.1 cm³/mol. The zero-order chi connectivity index (χ0) is 17.9. The van der Waals surface area contributed by atoms with E-state index in [0.29, 0.717) is 46.3 Å². The van der Waals surface area contributed by atoms with Gasteiger partial charge in [-0.15, -0.1) is 0 Å². The molecule has 1 aliphatic heterocycles. The fourth-order valence-corrected chi connectivity index (χ4v) is 3.85. The summed E-state index contributed by atoms with van der Waals surface area (Å²) in [5, 5.41) is 0.583. The molecular formula is C19H16ClNO4S. The lowest BCUT2D eigenvalue weighted by Gasteiger charge is -2.08. The molecule has 0 radical (unpaired) electrons. The molecule has 0 aliphatic carbocycles. The van der Waals surface area contributed by atoms with Crippen LogP contribution < -0.4 is 9.47 Å². The molecule has 0 spiro atoms. The van der Waals surface area contributed by atoms with Gasteiger partial charge in [-0.05, 0) is 24.3 Å². The van der Waals surface area contributed by atoms with Crippen molar-refractivity contribution in [3.05, 3.63) is 59.6 Å². The summed E-state index contributed by atoms with van der Waals surface area (Å²) in [6, 6.07) is 12.7. The summed E-state index contributed by atoms with van der Waals surface area (Å²) in [6.45, 7) is 1.21. The Bertz CT molecular complexity index is 956. The first-order chi connectivity index (χ1) is 12.7. The van der Waals surface area contributed by atoms with E-state index in [2.05, 4.69) is 4.98 Å². The molecule has 7 heteroatoms.